The zero-order valence-corrected chi connectivity index (χ0v) is 14.8. The molecule has 2 aromatic rings. The Balaban J connectivity index is 1.62. The van der Waals surface area contributed by atoms with E-state index in [1.807, 2.05) is 47.6 Å². The number of ether oxygens (including phenoxy) is 3. The van der Waals surface area contributed by atoms with Gasteiger partial charge in [-0.3, -0.25) is 5.01 Å². The molecule has 26 heavy (non-hydrogen) atoms. The number of para-hydroxylation sites is 1. The summed E-state index contributed by atoms with van der Waals surface area (Å²) in [5.74, 6) is 0.420. The van der Waals surface area contributed by atoms with E-state index < -0.39 is 0 Å². The molecule has 6 nitrogen and oxygen atoms in total. The Bertz CT molecular complexity index is 753. The highest BCUT2D eigenvalue weighted by Gasteiger charge is 2.08. The van der Waals surface area contributed by atoms with Crippen molar-refractivity contribution < 1.29 is 19.0 Å². The Morgan fingerprint density at radius 2 is 1.88 bits per heavy atom. The van der Waals surface area contributed by atoms with Crippen LogP contribution in [-0.2, 0) is 16.1 Å². The number of rotatable bonds is 6. The molecule has 1 heterocycles. The number of nitrogens with zero attached hydrogens (tertiary/aromatic N) is 2. The first-order valence-electron chi connectivity index (χ1n) is 8.52. The molecular formula is C20H22N2O4. The van der Waals surface area contributed by atoms with Crippen molar-refractivity contribution in [3.63, 3.8) is 0 Å². The Morgan fingerprint density at radius 1 is 1.15 bits per heavy atom. The van der Waals surface area contributed by atoms with Crippen LogP contribution in [0.25, 0.3) is 0 Å². The summed E-state index contributed by atoms with van der Waals surface area (Å²) in [6.45, 7) is 3.41. The van der Waals surface area contributed by atoms with E-state index in [0.717, 1.165) is 30.0 Å². The van der Waals surface area contributed by atoms with Crippen LogP contribution in [0.1, 0.15) is 21.5 Å². The summed E-state index contributed by atoms with van der Waals surface area (Å²) >= 11 is 0. The number of methoxy groups -OCH3 is 1. The predicted molar refractivity (Wildman–Crippen MR) is 98.5 cm³/mol. The lowest BCUT2D eigenvalue weighted by atomic mass is 10.1. The average Bonchev–Trinajstić information content (AvgIpc) is 2.72. The molecule has 1 aliphatic heterocycles. The third kappa shape index (κ3) is 4.83. The quantitative estimate of drug-likeness (QED) is 0.590. The monoisotopic (exact) mass is 354 g/mol. The largest absolute Gasteiger partial charge is 0.488 e. The zero-order chi connectivity index (χ0) is 18.2. The van der Waals surface area contributed by atoms with Crippen molar-refractivity contribution in [1.29, 1.82) is 0 Å². The molecule has 0 radical (unpaired) electrons. The smallest absolute Gasteiger partial charge is 0.337 e. The topological polar surface area (TPSA) is 60.4 Å². The molecular weight excluding hydrogens is 332 g/mol. The van der Waals surface area contributed by atoms with Crippen molar-refractivity contribution in [3.8, 4) is 5.75 Å². The van der Waals surface area contributed by atoms with Gasteiger partial charge < -0.3 is 14.2 Å². The van der Waals surface area contributed by atoms with E-state index in [1.165, 1.54) is 7.11 Å². The van der Waals surface area contributed by atoms with Gasteiger partial charge in [-0.2, -0.15) is 5.10 Å². The van der Waals surface area contributed by atoms with Crippen molar-refractivity contribution in [2.45, 2.75) is 6.61 Å². The van der Waals surface area contributed by atoms with Gasteiger partial charge in [-0.05, 0) is 29.8 Å². The van der Waals surface area contributed by atoms with Gasteiger partial charge in [0.25, 0.3) is 0 Å². The Labute approximate surface area is 153 Å². The minimum atomic E-state index is -0.345. The molecule has 1 fully saturated rings. The molecule has 0 N–H and O–H groups in total. The van der Waals surface area contributed by atoms with E-state index in [4.69, 9.17) is 14.2 Å². The predicted octanol–water partition coefficient (Wildman–Crippen LogP) is 2.72. The summed E-state index contributed by atoms with van der Waals surface area (Å²) in [6.07, 6.45) is 1.82. The highest BCUT2D eigenvalue weighted by atomic mass is 16.5. The van der Waals surface area contributed by atoms with Crippen molar-refractivity contribution in [2.75, 3.05) is 33.4 Å². The lowest BCUT2D eigenvalue weighted by Crippen LogP contribution is -2.32. The summed E-state index contributed by atoms with van der Waals surface area (Å²) in [5.41, 5.74) is 2.41. The number of benzene rings is 2. The van der Waals surface area contributed by atoms with Crippen molar-refractivity contribution in [2.24, 2.45) is 5.10 Å². The molecule has 0 atom stereocenters. The maximum absolute atomic E-state index is 11.5. The van der Waals surface area contributed by atoms with Gasteiger partial charge in [0.05, 0.1) is 45.2 Å². The molecule has 0 spiro atoms. The number of carbonyl (C=O) groups excluding carboxylic acids is 1. The third-order valence-electron chi connectivity index (χ3n) is 4.04. The van der Waals surface area contributed by atoms with Gasteiger partial charge in [0.15, 0.2) is 0 Å². The van der Waals surface area contributed by atoms with Crippen molar-refractivity contribution in [3.05, 3.63) is 65.2 Å². The lowest BCUT2D eigenvalue weighted by molar-refractivity contribution is 0.0396. The molecule has 1 aliphatic rings. The molecule has 0 bridgehead atoms. The summed E-state index contributed by atoms with van der Waals surface area (Å²) in [6, 6.07) is 15.0. The normalized spacial score (nSPS) is 14.4. The maximum atomic E-state index is 11.5. The number of hydrogen-bond acceptors (Lipinski definition) is 6. The maximum Gasteiger partial charge on any atom is 0.337 e. The highest BCUT2D eigenvalue weighted by Crippen LogP contribution is 2.18. The minimum absolute atomic E-state index is 0.345. The second-order valence-corrected chi connectivity index (χ2v) is 5.83. The van der Waals surface area contributed by atoms with Crippen molar-refractivity contribution >= 4 is 12.2 Å². The molecule has 0 saturated carbocycles. The van der Waals surface area contributed by atoms with E-state index >= 15 is 0 Å². The van der Waals surface area contributed by atoms with Crippen LogP contribution in [0.5, 0.6) is 5.75 Å². The van der Waals surface area contributed by atoms with Gasteiger partial charge in [0.2, 0.25) is 0 Å². The first-order chi connectivity index (χ1) is 12.8. The van der Waals surface area contributed by atoms with E-state index in [2.05, 4.69) is 5.10 Å². The van der Waals surface area contributed by atoms with Gasteiger partial charge in [0, 0.05) is 5.56 Å². The number of morpholine rings is 1. The van der Waals surface area contributed by atoms with Crippen LogP contribution in [0, 0.1) is 0 Å². The van der Waals surface area contributed by atoms with Gasteiger partial charge in [-0.25, -0.2) is 4.79 Å². The number of esters is 1. The lowest BCUT2D eigenvalue weighted by Gasteiger charge is -2.23. The van der Waals surface area contributed by atoms with E-state index in [-0.39, 0.29) is 5.97 Å². The van der Waals surface area contributed by atoms with Gasteiger partial charge in [0.1, 0.15) is 12.4 Å². The zero-order valence-electron chi connectivity index (χ0n) is 14.8. The van der Waals surface area contributed by atoms with Crippen LogP contribution >= 0.6 is 0 Å². The molecule has 0 unspecified atom stereocenters. The molecule has 6 heteroatoms. The Hall–Kier alpha value is -2.86. The van der Waals surface area contributed by atoms with E-state index in [9.17, 15) is 4.79 Å². The average molecular weight is 354 g/mol. The molecule has 0 amide bonds. The highest BCUT2D eigenvalue weighted by molar-refractivity contribution is 5.89. The fourth-order valence-electron chi connectivity index (χ4n) is 2.55. The SMILES string of the molecule is COC(=O)c1ccc(COc2ccccc2C=NN2CCOCC2)cc1. The fraction of sp³-hybridized carbons (Fsp3) is 0.300. The summed E-state index contributed by atoms with van der Waals surface area (Å²) in [5, 5.41) is 6.50. The van der Waals surface area contributed by atoms with Gasteiger partial charge >= 0.3 is 5.97 Å². The van der Waals surface area contributed by atoms with Gasteiger partial charge in [-0.1, -0.05) is 24.3 Å². The minimum Gasteiger partial charge on any atom is -0.488 e. The van der Waals surface area contributed by atoms with Crippen LogP contribution in [0.2, 0.25) is 0 Å². The molecule has 1 saturated heterocycles. The molecule has 0 aliphatic carbocycles. The van der Waals surface area contributed by atoms with Crippen LogP contribution in [0.4, 0.5) is 0 Å². The molecule has 3 rings (SSSR count). The Morgan fingerprint density at radius 3 is 2.62 bits per heavy atom. The van der Waals surface area contributed by atoms with Crippen LogP contribution in [-0.4, -0.2) is 50.6 Å². The van der Waals surface area contributed by atoms with E-state index in [0.29, 0.717) is 25.4 Å². The summed E-state index contributed by atoms with van der Waals surface area (Å²) < 4.78 is 16.0. The number of hydrogen-bond donors (Lipinski definition) is 0. The fourth-order valence-corrected chi connectivity index (χ4v) is 2.55. The van der Waals surface area contributed by atoms with E-state index in [1.54, 1.807) is 12.1 Å². The standard InChI is InChI=1S/C20H22N2O4/c1-24-20(23)17-8-6-16(7-9-17)15-26-19-5-3-2-4-18(19)14-21-22-10-12-25-13-11-22/h2-9,14H,10-13,15H2,1H3. The summed E-state index contributed by atoms with van der Waals surface area (Å²) in [7, 11) is 1.37. The molecule has 136 valence electrons. The van der Waals surface area contributed by atoms with Crippen LogP contribution in [0.15, 0.2) is 53.6 Å². The first kappa shape index (κ1) is 17.9. The second-order valence-electron chi connectivity index (χ2n) is 5.83. The second kappa shape index (κ2) is 9.01. The third-order valence-corrected chi connectivity index (χ3v) is 4.04. The van der Waals surface area contributed by atoms with Crippen LogP contribution in [0.3, 0.4) is 0 Å². The summed E-state index contributed by atoms with van der Waals surface area (Å²) in [4.78, 5) is 11.5. The van der Waals surface area contributed by atoms with Crippen molar-refractivity contribution in [1.82, 2.24) is 5.01 Å². The van der Waals surface area contributed by atoms with Gasteiger partial charge in [-0.15, -0.1) is 0 Å². The Kier molecular flexibility index (Phi) is 6.22. The molecule has 0 aromatic heterocycles. The molecule has 2 aromatic carbocycles. The first-order valence-corrected chi connectivity index (χ1v) is 8.52. The number of carbonyl (C=O) groups is 1. The van der Waals surface area contributed by atoms with Crippen LogP contribution < -0.4 is 4.74 Å². The number of hydrazone groups is 1.